The second-order valence-electron chi connectivity index (χ2n) is 4.87. The second-order valence-corrected chi connectivity index (χ2v) is 6.96. The maximum absolute atomic E-state index is 12.2. The Morgan fingerprint density at radius 3 is 2.59 bits per heavy atom. The lowest BCUT2D eigenvalue weighted by atomic mass is 9.98. The molecule has 1 N–H and O–H groups in total. The highest BCUT2D eigenvalue weighted by atomic mass is 32.2. The van der Waals surface area contributed by atoms with E-state index in [1.54, 1.807) is 25.3 Å². The molecule has 1 aliphatic rings. The molecule has 0 fully saturated rings. The van der Waals surface area contributed by atoms with Gasteiger partial charge in [0, 0.05) is 0 Å². The molecule has 0 radical (unpaired) electrons. The van der Waals surface area contributed by atoms with Crippen LogP contribution in [0.1, 0.15) is 19.4 Å². The molecule has 94 valence electrons. The molecule has 1 aromatic rings. The molecule has 0 bridgehead atoms. The Morgan fingerprint density at radius 2 is 2.06 bits per heavy atom. The van der Waals surface area contributed by atoms with Gasteiger partial charge in [0.25, 0.3) is 0 Å². The number of hydrogen-bond acceptors (Lipinski definition) is 4. The van der Waals surface area contributed by atoms with E-state index in [9.17, 15) is 13.5 Å². The molecule has 0 aliphatic carbocycles. The molecular formula is C12H16O4S. The minimum atomic E-state index is -3.43. The first-order valence-corrected chi connectivity index (χ1v) is 6.94. The van der Waals surface area contributed by atoms with Crippen molar-refractivity contribution in [2.75, 3.05) is 7.11 Å². The van der Waals surface area contributed by atoms with Crippen molar-refractivity contribution in [1.29, 1.82) is 0 Å². The Balaban J connectivity index is 2.54. The van der Waals surface area contributed by atoms with Gasteiger partial charge in [0.15, 0.2) is 9.84 Å². The van der Waals surface area contributed by atoms with Crippen LogP contribution in [-0.2, 0) is 16.3 Å². The summed E-state index contributed by atoms with van der Waals surface area (Å²) in [5.41, 5.74) is -0.526. The highest BCUT2D eigenvalue weighted by molar-refractivity contribution is 7.92. The molecule has 2 rings (SSSR count). The largest absolute Gasteiger partial charge is 0.497 e. The zero-order valence-corrected chi connectivity index (χ0v) is 10.9. The number of hydrogen-bond donors (Lipinski definition) is 1. The highest BCUT2D eigenvalue weighted by Crippen LogP contribution is 2.37. The Labute approximate surface area is 101 Å². The van der Waals surface area contributed by atoms with E-state index in [-0.39, 0.29) is 0 Å². The zero-order valence-electron chi connectivity index (χ0n) is 10.1. The number of aliphatic hydroxyl groups is 1. The Bertz CT molecular complexity index is 540. The van der Waals surface area contributed by atoms with Gasteiger partial charge in [-0.3, -0.25) is 0 Å². The van der Waals surface area contributed by atoms with Crippen molar-refractivity contribution in [3.8, 4) is 5.75 Å². The van der Waals surface area contributed by atoms with Crippen LogP contribution in [0.4, 0.5) is 0 Å². The molecule has 0 amide bonds. The van der Waals surface area contributed by atoms with Crippen LogP contribution in [0.15, 0.2) is 23.1 Å². The van der Waals surface area contributed by atoms with Gasteiger partial charge in [-0.2, -0.15) is 0 Å². The van der Waals surface area contributed by atoms with Gasteiger partial charge < -0.3 is 9.84 Å². The van der Waals surface area contributed by atoms with Crippen LogP contribution in [0, 0.1) is 0 Å². The summed E-state index contributed by atoms with van der Waals surface area (Å²) < 4.78 is 29.5. The van der Waals surface area contributed by atoms with Crippen LogP contribution in [-0.4, -0.2) is 31.5 Å². The first-order valence-electron chi connectivity index (χ1n) is 5.40. The lowest BCUT2D eigenvalue weighted by molar-refractivity contribution is 0.0760. The predicted octanol–water partition coefficient (Wildman–Crippen LogP) is 1.16. The fourth-order valence-corrected chi connectivity index (χ4v) is 4.44. The van der Waals surface area contributed by atoms with E-state index in [0.29, 0.717) is 17.1 Å². The number of sulfone groups is 1. The number of ether oxygens (including phenoxy) is 1. The summed E-state index contributed by atoms with van der Waals surface area (Å²) >= 11 is 0. The Kier molecular flexibility index (Phi) is 2.71. The second kappa shape index (κ2) is 3.71. The monoisotopic (exact) mass is 256 g/mol. The van der Waals surface area contributed by atoms with Crippen LogP contribution in [0.3, 0.4) is 0 Å². The van der Waals surface area contributed by atoms with Crippen molar-refractivity contribution in [1.82, 2.24) is 0 Å². The zero-order chi connectivity index (χ0) is 12.8. The van der Waals surface area contributed by atoms with Crippen LogP contribution in [0.25, 0.3) is 0 Å². The molecule has 5 heteroatoms. The van der Waals surface area contributed by atoms with E-state index in [1.807, 2.05) is 0 Å². The normalized spacial score (nSPS) is 22.2. The Hall–Kier alpha value is -1.07. The fourth-order valence-electron chi connectivity index (χ4n) is 2.21. The summed E-state index contributed by atoms with van der Waals surface area (Å²) in [5.74, 6) is 0.635. The smallest absolute Gasteiger partial charge is 0.184 e. The third-order valence-electron chi connectivity index (χ3n) is 3.14. The molecule has 1 aliphatic heterocycles. The van der Waals surface area contributed by atoms with Crippen molar-refractivity contribution in [2.45, 2.75) is 36.0 Å². The molecule has 0 aromatic heterocycles. The van der Waals surface area contributed by atoms with Crippen molar-refractivity contribution in [3.63, 3.8) is 0 Å². The maximum Gasteiger partial charge on any atom is 0.184 e. The average Bonchev–Trinajstić information content (AvgIpc) is 2.49. The molecule has 1 atom stereocenters. The Morgan fingerprint density at radius 1 is 1.41 bits per heavy atom. The van der Waals surface area contributed by atoms with E-state index < -0.39 is 20.7 Å². The van der Waals surface area contributed by atoms with E-state index in [2.05, 4.69) is 0 Å². The summed E-state index contributed by atoms with van der Waals surface area (Å²) in [6.07, 6.45) is 0.332. The maximum atomic E-state index is 12.2. The number of benzene rings is 1. The molecule has 1 heterocycles. The number of methoxy groups -OCH3 is 1. The van der Waals surface area contributed by atoms with Gasteiger partial charge in [0.2, 0.25) is 0 Å². The van der Waals surface area contributed by atoms with Crippen molar-refractivity contribution >= 4 is 9.84 Å². The summed E-state index contributed by atoms with van der Waals surface area (Å²) in [4.78, 5) is 0.311. The topological polar surface area (TPSA) is 63.6 Å². The third kappa shape index (κ3) is 1.93. The van der Waals surface area contributed by atoms with Crippen LogP contribution < -0.4 is 4.74 Å². The molecule has 0 saturated carbocycles. The average molecular weight is 256 g/mol. The van der Waals surface area contributed by atoms with Crippen molar-refractivity contribution in [2.24, 2.45) is 0 Å². The summed E-state index contributed by atoms with van der Waals surface area (Å²) in [6.45, 7) is 3.05. The molecular weight excluding hydrogens is 240 g/mol. The minimum absolute atomic E-state index is 0.311. The SMILES string of the molecule is COc1ccc2c(c1)CC(C(C)(C)O)S2(=O)=O. The molecule has 17 heavy (non-hydrogen) atoms. The van der Waals surface area contributed by atoms with Crippen molar-refractivity contribution in [3.05, 3.63) is 23.8 Å². The van der Waals surface area contributed by atoms with Crippen LogP contribution >= 0.6 is 0 Å². The van der Waals surface area contributed by atoms with Gasteiger partial charge in [-0.05, 0) is 44.0 Å². The van der Waals surface area contributed by atoms with Gasteiger partial charge in [-0.15, -0.1) is 0 Å². The van der Waals surface area contributed by atoms with Crippen molar-refractivity contribution < 1.29 is 18.3 Å². The number of fused-ring (bicyclic) bond motifs is 1. The van der Waals surface area contributed by atoms with Gasteiger partial charge in [0.1, 0.15) is 5.75 Å². The van der Waals surface area contributed by atoms with E-state index in [1.165, 1.54) is 13.8 Å². The van der Waals surface area contributed by atoms with Gasteiger partial charge >= 0.3 is 0 Å². The first kappa shape index (κ1) is 12.4. The van der Waals surface area contributed by atoms with E-state index >= 15 is 0 Å². The van der Waals surface area contributed by atoms with Gasteiger partial charge in [-0.1, -0.05) is 0 Å². The predicted molar refractivity (Wildman–Crippen MR) is 64.0 cm³/mol. The molecule has 4 nitrogen and oxygen atoms in total. The molecule has 0 saturated heterocycles. The quantitative estimate of drug-likeness (QED) is 0.862. The number of rotatable bonds is 2. The summed E-state index contributed by atoms with van der Waals surface area (Å²) in [5, 5.41) is 9.16. The minimum Gasteiger partial charge on any atom is -0.497 e. The van der Waals surface area contributed by atoms with E-state index in [0.717, 1.165) is 5.56 Å². The summed E-state index contributed by atoms with van der Waals surface area (Å²) in [7, 11) is -1.89. The summed E-state index contributed by atoms with van der Waals surface area (Å²) in [6, 6.07) is 4.90. The first-order chi connectivity index (χ1) is 7.76. The highest BCUT2D eigenvalue weighted by Gasteiger charge is 2.45. The van der Waals surface area contributed by atoms with Crippen LogP contribution in [0.2, 0.25) is 0 Å². The molecule has 1 unspecified atom stereocenters. The van der Waals surface area contributed by atoms with Crippen LogP contribution in [0.5, 0.6) is 5.75 Å². The fraction of sp³-hybridized carbons (Fsp3) is 0.500. The molecule has 1 aromatic carbocycles. The van der Waals surface area contributed by atoms with E-state index in [4.69, 9.17) is 4.74 Å². The lowest BCUT2D eigenvalue weighted by Gasteiger charge is -2.24. The standard InChI is InChI=1S/C12H16O4S/c1-12(2,13)11-7-8-6-9(16-3)4-5-10(8)17(11,14)15/h4-6,11,13H,7H2,1-3H3. The molecule has 0 spiro atoms. The third-order valence-corrected chi connectivity index (χ3v) is 5.65. The lowest BCUT2D eigenvalue weighted by Crippen LogP contribution is -2.40. The van der Waals surface area contributed by atoms with Gasteiger partial charge in [-0.25, -0.2) is 8.42 Å². The van der Waals surface area contributed by atoms with Gasteiger partial charge in [0.05, 0.1) is 22.9 Å².